The Kier molecular flexibility index (Phi) is 18.4. The van der Waals surface area contributed by atoms with Gasteiger partial charge in [-0.1, -0.05) is 83.3 Å². The van der Waals surface area contributed by atoms with Gasteiger partial charge in [0, 0.05) is 6.61 Å². The normalized spacial score (nSPS) is 11.5. The van der Waals surface area contributed by atoms with Gasteiger partial charge >= 0.3 is 0 Å². The minimum atomic E-state index is 0.356. The zero-order chi connectivity index (χ0) is 14.7. The molecule has 0 aromatic carbocycles. The average molecular weight is 283 g/mol. The number of rotatable bonds is 16. The number of hydrogen-bond acceptors (Lipinski definition) is 1. The van der Waals surface area contributed by atoms with E-state index in [1.54, 1.807) is 0 Å². The minimum absolute atomic E-state index is 0.356. The number of aliphatic hydroxyl groups is 1. The fourth-order valence-electron chi connectivity index (χ4n) is 2.54. The molecule has 0 saturated carbocycles. The number of unbranched alkanes of at least 4 members (excludes halogenated alkanes) is 13. The van der Waals surface area contributed by atoms with Crippen LogP contribution in [0.3, 0.4) is 0 Å². The van der Waals surface area contributed by atoms with E-state index < -0.39 is 0 Å². The van der Waals surface area contributed by atoms with Gasteiger partial charge < -0.3 is 5.11 Å². The summed E-state index contributed by atoms with van der Waals surface area (Å²) in [6.45, 7) is 2.64. The van der Waals surface area contributed by atoms with Gasteiger partial charge in [0.05, 0.1) is 0 Å². The van der Waals surface area contributed by atoms with Crippen molar-refractivity contribution in [3.8, 4) is 0 Å². The average Bonchev–Trinajstić information content (AvgIpc) is 2.47. The maximum absolute atomic E-state index is 8.67. The SMILES string of the molecule is CCCCCCCCCCC/C=C/CCCCCCO. The molecule has 20 heavy (non-hydrogen) atoms. The summed E-state index contributed by atoms with van der Waals surface area (Å²) in [6, 6.07) is 0. The van der Waals surface area contributed by atoms with Gasteiger partial charge in [0.2, 0.25) is 0 Å². The lowest BCUT2D eigenvalue weighted by Crippen LogP contribution is -1.82. The Bertz CT molecular complexity index is 186. The molecule has 0 fully saturated rings. The van der Waals surface area contributed by atoms with Crippen molar-refractivity contribution in [1.29, 1.82) is 0 Å². The quantitative estimate of drug-likeness (QED) is 0.256. The number of allylic oxidation sites excluding steroid dienone is 2. The Balaban J connectivity index is 3.01. The van der Waals surface area contributed by atoms with Crippen LogP contribution < -0.4 is 0 Å². The zero-order valence-electron chi connectivity index (χ0n) is 13.9. The Morgan fingerprint density at radius 2 is 0.950 bits per heavy atom. The van der Waals surface area contributed by atoms with Gasteiger partial charge in [0.1, 0.15) is 0 Å². The van der Waals surface area contributed by atoms with E-state index >= 15 is 0 Å². The lowest BCUT2D eigenvalue weighted by atomic mass is 10.1. The van der Waals surface area contributed by atoms with Crippen LogP contribution in [0.25, 0.3) is 0 Å². The molecule has 0 saturated heterocycles. The van der Waals surface area contributed by atoms with E-state index in [4.69, 9.17) is 5.11 Å². The molecule has 0 aromatic heterocycles. The second-order valence-electron chi connectivity index (χ2n) is 6.02. The van der Waals surface area contributed by atoms with Crippen LogP contribution in [0.2, 0.25) is 0 Å². The van der Waals surface area contributed by atoms with E-state index in [9.17, 15) is 0 Å². The molecule has 0 amide bonds. The van der Waals surface area contributed by atoms with Crippen molar-refractivity contribution >= 4 is 0 Å². The monoisotopic (exact) mass is 282 g/mol. The summed E-state index contributed by atoms with van der Waals surface area (Å²) in [6.07, 6.45) is 24.7. The molecule has 0 aliphatic carbocycles. The van der Waals surface area contributed by atoms with Crippen molar-refractivity contribution in [2.45, 2.75) is 103 Å². The third kappa shape index (κ3) is 17.7. The maximum atomic E-state index is 8.67. The topological polar surface area (TPSA) is 20.2 Å². The Labute approximate surface area is 127 Å². The van der Waals surface area contributed by atoms with E-state index in [0.717, 1.165) is 6.42 Å². The lowest BCUT2D eigenvalue weighted by molar-refractivity contribution is 0.282. The molecule has 0 aromatic rings. The molecular weight excluding hydrogens is 244 g/mol. The largest absolute Gasteiger partial charge is 0.396 e. The van der Waals surface area contributed by atoms with E-state index in [-0.39, 0.29) is 0 Å². The van der Waals surface area contributed by atoms with Crippen LogP contribution in [0.5, 0.6) is 0 Å². The molecule has 0 bridgehead atoms. The summed E-state index contributed by atoms with van der Waals surface area (Å²) in [5, 5.41) is 8.67. The molecule has 0 radical (unpaired) electrons. The van der Waals surface area contributed by atoms with Crippen molar-refractivity contribution in [2.24, 2.45) is 0 Å². The standard InChI is InChI=1S/C19H38O/c1-2-3-4-5-6-7-8-9-10-11-12-13-14-15-16-17-18-19-20/h12-13,20H,2-11,14-19H2,1H3/b13-12+. The smallest absolute Gasteiger partial charge is 0.0431 e. The predicted molar refractivity (Wildman–Crippen MR) is 91.2 cm³/mol. The third-order valence-electron chi connectivity index (χ3n) is 3.92. The molecule has 0 spiro atoms. The van der Waals surface area contributed by atoms with Gasteiger partial charge in [-0.2, -0.15) is 0 Å². The van der Waals surface area contributed by atoms with E-state index in [1.165, 1.54) is 89.9 Å². The third-order valence-corrected chi connectivity index (χ3v) is 3.92. The van der Waals surface area contributed by atoms with Crippen LogP contribution >= 0.6 is 0 Å². The maximum Gasteiger partial charge on any atom is 0.0431 e. The van der Waals surface area contributed by atoms with Crippen LogP contribution in [0, 0.1) is 0 Å². The van der Waals surface area contributed by atoms with Crippen LogP contribution in [-0.2, 0) is 0 Å². The predicted octanol–water partition coefficient (Wildman–Crippen LogP) is 6.41. The summed E-state index contributed by atoms with van der Waals surface area (Å²) >= 11 is 0. The van der Waals surface area contributed by atoms with Crippen LogP contribution in [-0.4, -0.2) is 11.7 Å². The molecule has 0 heterocycles. The van der Waals surface area contributed by atoms with Crippen LogP contribution in [0.15, 0.2) is 12.2 Å². The minimum Gasteiger partial charge on any atom is -0.396 e. The molecule has 120 valence electrons. The number of hydrogen-bond donors (Lipinski definition) is 1. The lowest BCUT2D eigenvalue weighted by Gasteiger charge is -2.00. The first kappa shape index (κ1) is 19.7. The van der Waals surface area contributed by atoms with Crippen molar-refractivity contribution in [3.05, 3.63) is 12.2 Å². The van der Waals surface area contributed by atoms with Gasteiger partial charge in [0.15, 0.2) is 0 Å². The zero-order valence-corrected chi connectivity index (χ0v) is 13.9. The first-order chi connectivity index (χ1) is 9.91. The Morgan fingerprint density at radius 1 is 0.550 bits per heavy atom. The van der Waals surface area contributed by atoms with Gasteiger partial charge in [-0.3, -0.25) is 0 Å². The van der Waals surface area contributed by atoms with Gasteiger partial charge in [-0.15, -0.1) is 0 Å². The number of aliphatic hydroxyl groups excluding tert-OH is 1. The first-order valence-electron chi connectivity index (χ1n) is 9.17. The molecule has 0 aliphatic rings. The van der Waals surface area contributed by atoms with Gasteiger partial charge in [-0.05, 0) is 32.1 Å². The molecule has 1 heteroatoms. The van der Waals surface area contributed by atoms with Crippen molar-refractivity contribution < 1.29 is 5.11 Å². The van der Waals surface area contributed by atoms with Crippen molar-refractivity contribution in [1.82, 2.24) is 0 Å². The second-order valence-corrected chi connectivity index (χ2v) is 6.02. The summed E-state index contributed by atoms with van der Waals surface area (Å²) in [4.78, 5) is 0. The highest BCUT2D eigenvalue weighted by molar-refractivity contribution is 4.81. The van der Waals surface area contributed by atoms with Crippen molar-refractivity contribution in [2.75, 3.05) is 6.61 Å². The summed E-state index contributed by atoms with van der Waals surface area (Å²) in [7, 11) is 0. The summed E-state index contributed by atoms with van der Waals surface area (Å²) < 4.78 is 0. The van der Waals surface area contributed by atoms with E-state index in [1.807, 2.05) is 0 Å². The van der Waals surface area contributed by atoms with E-state index in [0.29, 0.717) is 6.61 Å². The van der Waals surface area contributed by atoms with Crippen LogP contribution in [0.1, 0.15) is 103 Å². The molecule has 1 N–H and O–H groups in total. The molecular formula is C19H38O. The fourth-order valence-corrected chi connectivity index (χ4v) is 2.54. The van der Waals surface area contributed by atoms with Gasteiger partial charge in [0.25, 0.3) is 0 Å². The Hall–Kier alpha value is -0.300. The van der Waals surface area contributed by atoms with Crippen molar-refractivity contribution in [3.63, 3.8) is 0 Å². The molecule has 0 aliphatic heterocycles. The fraction of sp³-hybridized carbons (Fsp3) is 0.895. The van der Waals surface area contributed by atoms with Crippen LogP contribution in [0.4, 0.5) is 0 Å². The summed E-state index contributed by atoms with van der Waals surface area (Å²) in [5.41, 5.74) is 0. The van der Waals surface area contributed by atoms with E-state index in [2.05, 4.69) is 19.1 Å². The summed E-state index contributed by atoms with van der Waals surface area (Å²) in [5.74, 6) is 0. The second kappa shape index (κ2) is 18.7. The van der Waals surface area contributed by atoms with Gasteiger partial charge in [-0.25, -0.2) is 0 Å². The molecule has 0 atom stereocenters. The highest BCUT2D eigenvalue weighted by Crippen LogP contribution is 2.11. The highest BCUT2D eigenvalue weighted by Gasteiger charge is 1.91. The molecule has 0 rings (SSSR count). The molecule has 0 unspecified atom stereocenters. The highest BCUT2D eigenvalue weighted by atomic mass is 16.2. The Morgan fingerprint density at radius 3 is 1.40 bits per heavy atom. The first-order valence-corrected chi connectivity index (χ1v) is 9.17. The molecule has 1 nitrogen and oxygen atoms in total.